The van der Waals surface area contributed by atoms with E-state index in [1.807, 2.05) is 0 Å². The van der Waals surface area contributed by atoms with Gasteiger partial charge in [-0.1, -0.05) is 0 Å². The Balaban J connectivity index is 1.71. The van der Waals surface area contributed by atoms with Crippen LogP contribution in [0.5, 0.6) is 0 Å². The topological polar surface area (TPSA) is 56.7 Å². The molecule has 4 nitrogen and oxygen atoms in total. The Labute approximate surface area is 121 Å². The molecular weight excluding hydrogens is 248 g/mol. The normalized spacial score (nSPS) is 38.6. The first-order valence-corrected chi connectivity index (χ1v) is 8.31. The van der Waals surface area contributed by atoms with Gasteiger partial charge in [0, 0.05) is 12.0 Å². The SMILES string of the molecule is Cc1nnc(CCCN)n1C12CC3CC(CC(C3)C1)C2. The van der Waals surface area contributed by atoms with Gasteiger partial charge >= 0.3 is 0 Å². The van der Waals surface area contributed by atoms with Crippen LogP contribution in [0.25, 0.3) is 0 Å². The van der Waals surface area contributed by atoms with E-state index in [9.17, 15) is 0 Å². The molecule has 0 saturated heterocycles. The largest absolute Gasteiger partial charge is 0.330 e. The van der Waals surface area contributed by atoms with Crippen molar-refractivity contribution in [3.63, 3.8) is 0 Å². The van der Waals surface area contributed by atoms with Crippen molar-refractivity contribution in [1.29, 1.82) is 0 Å². The molecule has 0 spiro atoms. The van der Waals surface area contributed by atoms with Crippen molar-refractivity contribution in [3.8, 4) is 0 Å². The van der Waals surface area contributed by atoms with Gasteiger partial charge < -0.3 is 10.3 Å². The molecule has 0 aliphatic heterocycles. The summed E-state index contributed by atoms with van der Waals surface area (Å²) in [5, 5.41) is 8.87. The Morgan fingerprint density at radius 2 is 1.70 bits per heavy atom. The fourth-order valence-electron chi connectivity index (χ4n) is 5.78. The standard InChI is InChI=1S/C16H26N4/c1-11-18-19-15(3-2-4-17)20(11)16-8-12-5-13(9-16)7-14(6-12)10-16/h12-14H,2-10,17H2,1H3. The first-order valence-electron chi connectivity index (χ1n) is 8.31. The van der Waals surface area contributed by atoms with Crippen LogP contribution in [0.3, 0.4) is 0 Å². The maximum atomic E-state index is 5.68. The van der Waals surface area contributed by atoms with Crippen molar-refractivity contribution in [2.24, 2.45) is 23.5 Å². The summed E-state index contributed by atoms with van der Waals surface area (Å²) in [6.45, 7) is 2.88. The Bertz CT molecular complexity index is 469. The van der Waals surface area contributed by atoms with E-state index in [-0.39, 0.29) is 0 Å². The Kier molecular flexibility index (Phi) is 2.92. The van der Waals surface area contributed by atoms with Crippen molar-refractivity contribution < 1.29 is 0 Å². The van der Waals surface area contributed by atoms with Crippen LogP contribution in [-0.2, 0) is 12.0 Å². The van der Waals surface area contributed by atoms with Gasteiger partial charge in [0.25, 0.3) is 0 Å². The number of aromatic nitrogens is 3. The predicted octanol–water partition coefficient (Wildman–Crippen LogP) is 2.40. The molecule has 1 heterocycles. The third kappa shape index (κ3) is 1.84. The maximum Gasteiger partial charge on any atom is 0.133 e. The predicted molar refractivity (Wildman–Crippen MR) is 78.3 cm³/mol. The van der Waals surface area contributed by atoms with Crippen LogP contribution in [0.1, 0.15) is 56.6 Å². The molecule has 5 rings (SSSR count). The lowest BCUT2D eigenvalue weighted by molar-refractivity contribution is -0.0455. The lowest BCUT2D eigenvalue weighted by Gasteiger charge is -2.57. The van der Waals surface area contributed by atoms with Crippen LogP contribution in [0.4, 0.5) is 0 Å². The van der Waals surface area contributed by atoms with Crippen LogP contribution in [0, 0.1) is 24.7 Å². The highest BCUT2D eigenvalue weighted by atomic mass is 15.3. The van der Waals surface area contributed by atoms with E-state index >= 15 is 0 Å². The van der Waals surface area contributed by atoms with Crippen LogP contribution >= 0.6 is 0 Å². The zero-order chi connectivity index (χ0) is 13.7. The third-order valence-corrected chi connectivity index (χ3v) is 5.98. The molecule has 1 aromatic heterocycles. The van der Waals surface area contributed by atoms with Crippen molar-refractivity contribution in [1.82, 2.24) is 14.8 Å². The Morgan fingerprint density at radius 1 is 1.10 bits per heavy atom. The van der Waals surface area contributed by atoms with Crippen molar-refractivity contribution in [2.45, 2.75) is 63.8 Å². The van der Waals surface area contributed by atoms with Gasteiger partial charge in [-0.25, -0.2) is 0 Å². The van der Waals surface area contributed by atoms with E-state index in [0.29, 0.717) is 5.54 Å². The molecule has 4 heteroatoms. The zero-order valence-corrected chi connectivity index (χ0v) is 12.5. The molecule has 1 aromatic rings. The minimum absolute atomic E-state index is 0.353. The zero-order valence-electron chi connectivity index (χ0n) is 12.5. The molecule has 110 valence electrons. The van der Waals surface area contributed by atoms with E-state index in [4.69, 9.17) is 5.73 Å². The summed E-state index contributed by atoms with van der Waals surface area (Å²) in [4.78, 5) is 0. The van der Waals surface area contributed by atoms with Gasteiger partial charge in [0.15, 0.2) is 0 Å². The van der Waals surface area contributed by atoms with Gasteiger partial charge in [-0.15, -0.1) is 10.2 Å². The third-order valence-electron chi connectivity index (χ3n) is 5.98. The average Bonchev–Trinajstić information content (AvgIpc) is 2.76. The fraction of sp³-hybridized carbons (Fsp3) is 0.875. The molecular formula is C16H26N4. The van der Waals surface area contributed by atoms with Crippen LogP contribution in [0.2, 0.25) is 0 Å². The van der Waals surface area contributed by atoms with Crippen LogP contribution in [-0.4, -0.2) is 21.3 Å². The number of aryl methyl sites for hydroxylation is 2. The molecule has 4 aliphatic rings. The summed E-state index contributed by atoms with van der Waals surface area (Å²) in [5.41, 5.74) is 6.04. The van der Waals surface area contributed by atoms with Gasteiger partial charge in [-0.05, 0) is 76.2 Å². The minimum Gasteiger partial charge on any atom is -0.330 e. The average molecular weight is 274 g/mol. The van der Waals surface area contributed by atoms with Crippen LogP contribution in [0.15, 0.2) is 0 Å². The minimum atomic E-state index is 0.353. The first-order chi connectivity index (χ1) is 9.70. The highest BCUT2D eigenvalue weighted by Crippen LogP contribution is 2.59. The molecule has 0 atom stereocenters. The number of nitrogens with zero attached hydrogens (tertiary/aromatic N) is 3. The molecule has 0 radical (unpaired) electrons. The lowest BCUT2D eigenvalue weighted by atomic mass is 9.53. The first kappa shape index (κ1) is 12.8. The second-order valence-electron chi connectivity index (χ2n) is 7.53. The molecule has 4 fully saturated rings. The summed E-state index contributed by atoms with van der Waals surface area (Å²) < 4.78 is 2.53. The summed E-state index contributed by atoms with van der Waals surface area (Å²) in [5.74, 6) is 5.20. The molecule has 2 N–H and O–H groups in total. The molecule has 0 unspecified atom stereocenters. The molecule has 0 amide bonds. The van der Waals surface area contributed by atoms with E-state index in [1.165, 1.54) is 44.3 Å². The van der Waals surface area contributed by atoms with Gasteiger partial charge in [0.1, 0.15) is 11.6 Å². The van der Waals surface area contributed by atoms with Crippen LogP contribution < -0.4 is 5.73 Å². The number of hydrogen-bond acceptors (Lipinski definition) is 3. The highest BCUT2D eigenvalue weighted by molar-refractivity contribution is 5.11. The quantitative estimate of drug-likeness (QED) is 0.917. The molecule has 4 saturated carbocycles. The molecule has 0 aromatic carbocycles. The second kappa shape index (κ2) is 4.55. The van der Waals surface area contributed by atoms with E-state index in [2.05, 4.69) is 21.7 Å². The number of hydrogen-bond donors (Lipinski definition) is 1. The smallest absolute Gasteiger partial charge is 0.133 e. The van der Waals surface area contributed by atoms with Gasteiger partial charge in [0.2, 0.25) is 0 Å². The monoisotopic (exact) mass is 274 g/mol. The second-order valence-corrected chi connectivity index (χ2v) is 7.53. The molecule has 4 aliphatic carbocycles. The van der Waals surface area contributed by atoms with E-state index in [0.717, 1.165) is 43.0 Å². The summed E-state index contributed by atoms with van der Waals surface area (Å²) in [6, 6.07) is 0. The van der Waals surface area contributed by atoms with Gasteiger partial charge in [-0.3, -0.25) is 0 Å². The maximum absolute atomic E-state index is 5.68. The summed E-state index contributed by atoms with van der Waals surface area (Å²) in [7, 11) is 0. The molecule has 4 bridgehead atoms. The van der Waals surface area contributed by atoms with E-state index in [1.54, 1.807) is 0 Å². The lowest BCUT2D eigenvalue weighted by Crippen LogP contribution is -2.52. The molecule has 20 heavy (non-hydrogen) atoms. The van der Waals surface area contributed by atoms with E-state index < -0.39 is 0 Å². The number of nitrogens with two attached hydrogens (primary N) is 1. The Morgan fingerprint density at radius 3 is 2.25 bits per heavy atom. The summed E-state index contributed by atoms with van der Waals surface area (Å²) >= 11 is 0. The highest BCUT2D eigenvalue weighted by Gasteiger charge is 2.52. The summed E-state index contributed by atoms with van der Waals surface area (Å²) in [6.07, 6.45) is 10.6. The Hall–Kier alpha value is -0.900. The van der Waals surface area contributed by atoms with Crippen molar-refractivity contribution in [2.75, 3.05) is 6.54 Å². The van der Waals surface area contributed by atoms with Gasteiger partial charge in [0.05, 0.1) is 0 Å². The fourth-order valence-corrected chi connectivity index (χ4v) is 5.78. The van der Waals surface area contributed by atoms with Crippen molar-refractivity contribution >= 4 is 0 Å². The number of rotatable bonds is 4. The van der Waals surface area contributed by atoms with Gasteiger partial charge in [-0.2, -0.15) is 0 Å². The van der Waals surface area contributed by atoms with Crippen molar-refractivity contribution in [3.05, 3.63) is 11.6 Å².